The summed E-state index contributed by atoms with van der Waals surface area (Å²) in [6.07, 6.45) is 1.13. The highest BCUT2D eigenvalue weighted by Gasteiger charge is 2.29. The van der Waals surface area contributed by atoms with Gasteiger partial charge in [0.2, 0.25) is 5.91 Å². The van der Waals surface area contributed by atoms with E-state index in [1.165, 1.54) is 31.2 Å². The predicted molar refractivity (Wildman–Crippen MR) is 82.3 cm³/mol. The summed E-state index contributed by atoms with van der Waals surface area (Å²) in [4.78, 5) is 27.5. The summed E-state index contributed by atoms with van der Waals surface area (Å²) in [6.45, 7) is 4.94. The van der Waals surface area contributed by atoms with Crippen LogP contribution in [0.15, 0.2) is 29.2 Å². The van der Waals surface area contributed by atoms with Gasteiger partial charge in [-0.15, -0.1) is 0 Å². The lowest BCUT2D eigenvalue weighted by molar-refractivity contribution is -0.131. The van der Waals surface area contributed by atoms with Gasteiger partial charge in [-0.3, -0.25) is 9.59 Å². The van der Waals surface area contributed by atoms with E-state index in [1.54, 1.807) is 9.80 Å². The van der Waals surface area contributed by atoms with E-state index in [0.29, 0.717) is 25.2 Å². The molecule has 0 N–H and O–H groups in total. The summed E-state index contributed by atoms with van der Waals surface area (Å²) >= 11 is 0. The number of sulfone groups is 1. The minimum absolute atomic E-state index is 0.0106. The first-order valence-corrected chi connectivity index (χ1v) is 8.96. The Morgan fingerprint density at radius 1 is 1.14 bits per heavy atom. The van der Waals surface area contributed by atoms with Crippen LogP contribution in [0.1, 0.15) is 24.2 Å². The second kappa shape index (κ2) is 6.08. The monoisotopic (exact) mass is 324 g/mol. The van der Waals surface area contributed by atoms with Gasteiger partial charge in [-0.1, -0.05) is 0 Å². The Balaban J connectivity index is 2.14. The normalized spacial score (nSPS) is 19.1. The van der Waals surface area contributed by atoms with Crippen molar-refractivity contribution in [3.05, 3.63) is 29.8 Å². The number of hydrogen-bond acceptors (Lipinski definition) is 4. The molecular weight excluding hydrogens is 304 g/mol. The van der Waals surface area contributed by atoms with Crippen LogP contribution in [0.5, 0.6) is 0 Å². The third kappa shape index (κ3) is 3.47. The quantitative estimate of drug-likeness (QED) is 0.806. The van der Waals surface area contributed by atoms with E-state index in [0.717, 1.165) is 6.26 Å². The van der Waals surface area contributed by atoms with E-state index in [-0.39, 0.29) is 22.8 Å². The molecule has 22 heavy (non-hydrogen) atoms. The van der Waals surface area contributed by atoms with Crippen LogP contribution in [0.3, 0.4) is 0 Å². The summed E-state index contributed by atoms with van der Waals surface area (Å²) in [5.74, 6) is -0.132. The van der Waals surface area contributed by atoms with Crippen molar-refractivity contribution in [3.8, 4) is 0 Å². The highest BCUT2D eigenvalue weighted by molar-refractivity contribution is 7.90. The minimum Gasteiger partial charge on any atom is -0.339 e. The van der Waals surface area contributed by atoms with Gasteiger partial charge in [-0.2, -0.15) is 0 Å². The number of rotatable bonds is 2. The zero-order valence-corrected chi connectivity index (χ0v) is 13.8. The number of amides is 2. The fourth-order valence-corrected chi connectivity index (χ4v) is 3.19. The van der Waals surface area contributed by atoms with Crippen LogP contribution in [0.2, 0.25) is 0 Å². The first-order chi connectivity index (χ1) is 10.2. The topological polar surface area (TPSA) is 74.8 Å². The van der Waals surface area contributed by atoms with E-state index >= 15 is 0 Å². The highest BCUT2D eigenvalue weighted by Crippen LogP contribution is 2.16. The summed E-state index contributed by atoms with van der Waals surface area (Å²) < 4.78 is 22.9. The average Bonchev–Trinajstić information content (AvgIpc) is 2.45. The van der Waals surface area contributed by atoms with Crippen molar-refractivity contribution >= 4 is 21.7 Å². The molecule has 0 radical (unpaired) electrons. The van der Waals surface area contributed by atoms with Crippen molar-refractivity contribution in [2.75, 3.05) is 25.9 Å². The van der Waals surface area contributed by atoms with E-state index in [2.05, 4.69) is 0 Å². The van der Waals surface area contributed by atoms with Crippen molar-refractivity contribution in [2.24, 2.45) is 0 Å². The van der Waals surface area contributed by atoms with Gasteiger partial charge in [0.15, 0.2) is 9.84 Å². The van der Waals surface area contributed by atoms with E-state index in [4.69, 9.17) is 0 Å². The zero-order valence-electron chi connectivity index (χ0n) is 12.9. The molecule has 0 bridgehead atoms. The van der Waals surface area contributed by atoms with Crippen molar-refractivity contribution in [2.45, 2.75) is 24.8 Å². The zero-order chi connectivity index (χ0) is 16.5. The van der Waals surface area contributed by atoms with Gasteiger partial charge in [-0.25, -0.2) is 8.42 Å². The van der Waals surface area contributed by atoms with Gasteiger partial charge < -0.3 is 9.80 Å². The van der Waals surface area contributed by atoms with Gasteiger partial charge in [0, 0.05) is 44.4 Å². The Hall–Kier alpha value is -1.89. The Morgan fingerprint density at radius 3 is 2.18 bits per heavy atom. The fraction of sp³-hybridized carbons (Fsp3) is 0.467. The molecule has 0 saturated carbocycles. The molecule has 0 unspecified atom stereocenters. The van der Waals surface area contributed by atoms with E-state index in [1.807, 2.05) is 6.92 Å². The van der Waals surface area contributed by atoms with Crippen LogP contribution in [0.25, 0.3) is 0 Å². The van der Waals surface area contributed by atoms with Crippen LogP contribution in [0.4, 0.5) is 0 Å². The van der Waals surface area contributed by atoms with Crippen LogP contribution in [-0.2, 0) is 14.6 Å². The molecule has 2 amide bonds. The third-order valence-corrected chi connectivity index (χ3v) is 4.99. The molecule has 1 saturated heterocycles. The van der Waals surface area contributed by atoms with Gasteiger partial charge in [0.25, 0.3) is 5.91 Å². The molecule has 1 aliphatic heterocycles. The van der Waals surface area contributed by atoms with Crippen LogP contribution in [0, 0.1) is 0 Å². The molecule has 6 nitrogen and oxygen atoms in total. The number of hydrogen-bond donors (Lipinski definition) is 0. The fourth-order valence-electron chi connectivity index (χ4n) is 2.56. The second-order valence-electron chi connectivity index (χ2n) is 5.61. The van der Waals surface area contributed by atoms with Gasteiger partial charge in [0.1, 0.15) is 0 Å². The lowest BCUT2D eigenvalue weighted by Crippen LogP contribution is -2.55. The van der Waals surface area contributed by atoms with Crippen molar-refractivity contribution in [3.63, 3.8) is 0 Å². The molecule has 1 atom stereocenters. The number of carbonyl (C=O) groups is 2. The first-order valence-electron chi connectivity index (χ1n) is 7.07. The predicted octanol–water partition coefficient (Wildman–Crippen LogP) is 0.783. The standard InChI is InChI=1S/C15H20N2O4S/c1-11-10-16(12(2)18)8-9-17(11)15(19)13-4-6-14(7-5-13)22(3,20)21/h4-7,11H,8-10H2,1-3H3/t11-/m0/s1. The smallest absolute Gasteiger partial charge is 0.254 e. The maximum absolute atomic E-state index is 12.5. The van der Waals surface area contributed by atoms with Crippen LogP contribution in [-0.4, -0.2) is 62.0 Å². The number of piperazine rings is 1. The molecule has 1 aromatic carbocycles. The van der Waals surface area contributed by atoms with Gasteiger partial charge in [0.05, 0.1) is 4.90 Å². The molecule has 1 aliphatic rings. The van der Waals surface area contributed by atoms with E-state index in [9.17, 15) is 18.0 Å². The SMILES string of the molecule is CC(=O)N1CCN(C(=O)c2ccc(S(C)(=O)=O)cc2)[C@@H](C)C1. The maximum Gasteiger partial charge on any atom is 0.254 e. The van der Waals surface area contributed by atoms with E-state index < -0.39 is 9.84 Å². The molecule has 0 aromatic heterocycles. The summed E-state index contributed by atoms with van der Waals surface area (Å²) in [5, 5.41) is 0. The summed E-state index contributed by atoms with van der Waals surface area (Å²) in [6, 6.07) is 5.88. The average molecular weight is 324 g/mol. The molecule has 1 heterocycles. The molecule has 1 fully saturated rings. The molecule has 1 aromatic rings. The Labute approximate surface area is 130 Å². The molecule has 7 heteroatoms. The molecule has 0 aliphatic carbocycles. The molecule has 0 spiro atoms. The van der Waals surface area contributed by atoms with Crippen LogP contribution < -0.4 is 0 Å². The Kier molecular flexibility index (Phi) is 4.55. The summed E-state index contributed by atoms with van der Waals surface area (Å²) in [7, 11) is -3.27. The molecule has 120 valence electrons. The Bertz CT molecular complexity index is 682. The van der Waals surface area contributed by atoms with Crippen molar-refractivity contribution in [1.82, 2.24) is 9.80 Å². The van der Waals surface area contributed by atoms with Crippen molar-refractivity contribution in [1.29, 1.82) is 0 Å². The minimum atomic E-state index is -3.27. The lowest BCUT2D eigenvalue weighted by Gasteiger charge is -2.39. The first kappa shape index (κ1) is 16.5. The lowest BCUT2D eigenvalue weighted by atomic mass is 10.1. The van der Waals surface area contributed by atoms with Gasteiger partial charge in [-0.05, 0) is 31.2 Å². The van der Waals surface area contributed by atoms with Crippen LogP contribution >= 0.6 is 0 Å². The van der Waals surface area contributed by atoms with Gasteiger partial charge >= 0.3 is 0 Å². The number of carbonyl (C=O) groups excluding carboxylic acids is 2. The Morgan fingerprint density at radius 2 is 1.73 bits per heavy atom. The third-order valence-electron chi connectivity index (χ3n) is 3.86. The summed E-state index contributed by atoms with van der Waals surface area (Å²) in [5.41, 5.74) is 0.454. The maximum atomic E-state index is 12.5. The molecular formula is C15H20N2O4S. The second-order valence-corrected chi connectivity index (χ2v) is 7.62. The number of benzene rings is 1. The molecule has 2 rings (SSSR count). The largest absolute Gasteiger partial charge is 0.339 e. The highest BCUT2D eigenvalue weighted by atomic mass is 32.2. The van der Waals surface area contributed by atoms with Crippen molar-refractivity contribution < 1.29 is 18.0 Å². The number of nitrogens with zero attached hydrogens (tertiary/aromatic N) is 2.